The van der Waals surface area contributed by atoms with E-state index in [0.29, 0.717) is 0 Å². The van der Waals surface area contributed by atoms with Gasteiger partial charge in [0, 0.05) is 11.9 Å². The first-order valence-corrected chi connectivity index (χ1v) is 7.54. The number of nitrogens with zero attached hydrogens (tertiary/aromatic N) is 1. The molecule has 0 N–H and O–H groups in total. The average molecular weight is 298 g/mol. The summed E-state index contributed by atoms with van der Waals surface area (Å²) in [6, 6.07) is 8.79. The van der Waals surface area contributed by atoms with Gasteiger partial charge in [-0.25, -0.2) is 0 Å². The summed E-state index contributed by atoms with van der Waals surface area (Å²) in [5.74, 6) is 0.814. The SMILES string of the molecule is Cc1cccc(CN(C)CCC(C)CCBr)c1. The number of rotatable bonds is 7. The van der Waals surface area contributed by atoms with Crippen molar-refractivity contribution >= 4 is 15.9 Å². The Morgan fingerprint density at radius 1 is 1.29 bits per heavy atom. The molecule has 0 spiro atoms. The van der Waals surface area contributed by atoms with E-state index in [4.69, 9.17) is 0 Å². The van der Waals surface area contributed by atoms with Crippen molar-refractivity contribution in [2.75, 3.05) is 18.9 Å². The minimum Gasteiger partial charge on any atom is -0.302 e. The third-order valence-corrected chi connectivity index (χ3v) is 3.60. The Balaban J connectivity index is 2.32. The molecule has 0 amide bonds. The fraction of sp³-hybridized carbons (Fsp3) is 0.600. The van der Waals surface area contributed by atoms with E-state index in [0.717, 1.165) is 17.8 Å². The van der Waals surface area contributed by atoms with E-state index in [1.807, 2.05) is 0 Å². The fourth-order valence-electron chi connectivity index (χ4n) is 1.97. The molecule has 1 nitrogen and oxygen atoms in total. The largest absolute Gasteiger partial charge is 0.302 e. The van der Waals surface area contributed by atoms with Crippen molar-refractivity contribution in [2.24, 2.45) is 5.92 Å². The minimum absolute atomic E-state index is 0.814. The van der Waals surface area contributed by atoms with Gasteiger partial charge >= 0.3 is 0 Å². The van der Waals surface area contributed by atoms with Crippen LogP contribution in [0.5, 0.6) is 0 Å². The highest BCUT2D eigenvalue weighted by molar-refractivity contribution is 9.09. The van der Waals surface area contributed by atoms with Gasteiger partial charge in [-0.2, -0.15) is 0 Å². The summed E-state index contributed by atoms with van der Waals surface area (Å²) in [5, 5.41) is 1.12. The molecular formula is C15H24BrN. The van der Waals surface area contributed by atoms with Gasteiger partial charge in [-0.15, -0.1) is 0 Å². The molecule has 96 valence electrons. The van der Waals surface area contributed by atoms with Crippen molar-refractivity contribution in [1.29, 1.82) is 0 Å². The van der Waals surface area contributed by atoms with Crippen LogP contribution in [-0.2, 0) is 6.54 Å². The lowest BCUT2D eigenvalue weighted by Gasteiger charge is -2.19. The lowest BCUT2D eigenvalue weighted by atomic mass is 10.0. The molecule has 0 saturated heterocycles. The Labute approximate surface area is 114 Å². The summed E-state index contributed by atoms with van der Waals surface area (Å²) >= 11 is 3.51. The molecule has 0 fully saturated rings. The second kappa shape index (κ2) is 7.88. The van der Waals surface area contributed by atoms with E-state index in [2.05, 4.69) is 66.0 Å². The van der Waals surface area contributed by atoms with E-state index >= 15 is 0 Å². The van der Waals surface area contributed by atoms with Gasteiger partial charge in [0.15, 0.2) is 0 Å². The maximum atomic E-state index is 3.51. The summed E-state index contributed by atoms with van der Waals surface area (Å²) in [7, 11) is 2.21. The van der Waals surface area contributed by atoms with Crippen molar-refractivity contribution in [3.8, 4) is 0 Å². The van der Waals surface area contributed by atoms with Crippen LogP contribution in [0.15, 0.2) is 24.3 Å². The first-order valence-electron chi connectivity index (χ1n) is 6.42. The molecule has 1 aromatic carbocycles. The Morgan fingerprint density at radius 2 is 2.06 bits per heavy atom. The van der Waals surface area contributed by atoms with Crippen molar-refractivity contribution in [3.05, 3.63) is 35.4 Å². The summed E-state index contributed by atoms with van der Waals surface area (Å²) < 4.78 is 0. The van der Waals surface area contributed by atoms with Gasteiger partial charge in [-0.3, -0.25) is 0 Å². The zero-order valence-electron chi connectivity index (χ0n) is 11.2. The summed E-state index contributed by atoms with van der Waals surface area (Å²) in [6.45, 7) is 6.73. The Bertz CT molecular complexity index is 324. The highest BCUT2D eigenvalue weighted by Crippen LogP contribution is 2.11. The molecule has 17 heavy (non-hydrogen) atoms. The van der Waals surface area contributed by atoms with E-state index in [-0.39, 0.29) is 0 Å². The molecule has 1 unspecified atom stereocenters. The van der Waals surface area contributed by atoms with Crippen LogP contribution in [0.4, 0.5) is 0 Å². The highest BCUT2D eigenvalue weighted by atomic mass is 79.9. The standard InChI is InChI=1S/C15H24BrN/c1-13(7-9-16)8-10-17(3)12-15-6-4-5-14(2)11-15/h4-6,11,13H,7-10,12H2,1-3H3. The fourth-order valence-corrected chi connectivity index (χ4v) is 2.75. The molecule has 0 aliphatic carbocycles. The molecule has 0 aliphatic heterocycles. The Kier molecular flexibility index (Phi) is 6.83. The average Bonchev–Trinajstić information content (AvgIpc) is 2.27. The number of alkyl halides is 1. The molecule has 1 aromatic rings. The molecule has 0 saturated carbocycles. The van der Waals surface area contributed by atoms with Crippen LogP contribution in [0.2, 0.25) is 0 Å². The third kappa shape index (κ3) is 6.23. The molecule has 0 bridgehead atoms. The van der Waals surface area contributed by atoms with Crippen LogP contribution in [0.3, 0.4) is 0 Å². The maximum absolute atomic E-state index is 3.51. The zero-order valence-corrected chi connectivity index (χ0v) is 12.8. The first kappa shape index (κ1) is 14.7. The monoisotopic (exact) mass is 297 g/mol. The molecule has 0 heterocycles. The topological polar surface area (TPSA) is 3.24 Å². The van der Waals surface area contributed by atoms with Crippen molar-refractivity contribution in [3.63, 3.8) is 0 Å². The van der Waals surface area contributed by atoms with Gasteiger partial charge in [0.1, 0.15) is 0 Å². The lowest BCUT2D eigenvalue weighted by molar-refractivity contribution is 0.297. The van der Waals surface area contributed by atoms with E-state index in [9.17, 15) is 0 Å². The molecule has 1 rings (SSSR count). The van der Waals surface area contributed by atoms with Crippen LogP contribution >= 0.6 is 15.9 Å². The normalized spacial score (nSPS) is 13.0. The summed E-state index contributed by atoms with van der Waals surface area (Å²) in [6.07, 6.45) is 2.56. The lowest BCUT2D eigenvalue weighted by Crippen LogP contribution is -2.21. The molecule has 1 atom stereocenters. The van der Waals surface area contributed by atoms with Gasteiger partial charge in [0.05, 0.1) is 0 Å². The van der Waals surface area contributed by atoms with Gasteiger partial charge in [-0.05, 0) is 44.8 Å². The van der Waals surface area contributed by atoms with Gasteiger partial charge in [0.2, 0.25) is 0 Å². The molecule has 2 heteroatoms. The summed E-state index contributed by atoms with van der Waals surface area (Å²) in [5.41, 5.74) is 2.77. The molecular weight excluding hydrogens is 274 g/mol. The summed E-state index contributed by atoms with van der Waals surface area (Å²) in [4.78, 5) is 2.42. The number of hydrogen-bond donors (Lipinski definition) is 0. The number of hydrogen-bond acceptors (Lipinski definition) is 1. The van der Waals surface area contributed by atoms with Crippen LogP contribution < -0.4 is 0 Å². The van der Waals surface area contributed by atoms with Crippen LogP contribution in [0, 0.1) is 12.8 Å². The smallest absolute Gasteiger partial charge is 0.0230 e. The van der Waals surface area contributed by atoms with E-state index in [1.54, 1.807) is 0 Å². The molecule has 0 aromatic heterocycles. The Morgan fingerprint density at radius 3 is 2.71 bits per heavy atom. The van der Waals surface area contributed by atoms with Crippen LogP contribution in [-0.4, -0.2) is 23.8 Å². The minimum atomic E-state index is 0.814. The van der Waals surface area contributed by atoms with Crippen LogP contribution in [0.1, 0.15) is 30.9 Å². The molecule has 0 radical (unpaired) electrons. The van der Waals surface area contributed by atoms with E-state index < -0.39 is 0 Å². The second-order valence-electron chi connectivity index (χ2n) is 5.10. The molecule has 0 aliphatic rings. The van der Waals surface area contributed by atoms with Crippen molar-refractivity contribution in [2.45, 2.75) is 33.2 Å². The number of aryl methyl sites for hydroxylation is 1. The zero-order chi connectivity index (χ0) is 12.7. The van der Waals surface area contributed by atoms with Crippen molar-refractivity contribution < 1.29 is 0 Å². The van der Waals surface area contributed by atoms with Gasteiger partial charge < -0.3 is 4.90 Å². The second-order valence-corrected chi connectivity index (χ2v) is 5.89. The predicted octanol–water partition coefficient (Wildman–Crippen LogP) is 4.24. The highest BCUT2D eigenvalue weighted by Gasteiger charge is 2.05. The van der Waals surface area contributed by atoms with Gasteiger partial charge in [0.25, 0.3) is 0 Å². The van der Waals surface area contributed by atoms with E-state index in [1.165, 1.54) is 30.5 Å². The van der Waals surface area contributed by atoms with Gasteiger partial charge in [-0.1, -0.05) is 52.7 Å². The predicted molar refractivity (Wildman–Crippen MR) is 79.7 cm³/mol. The first-order chi connectivity index (χ1) is 8.11. The quantitative estimate of drug-likeness (QED) is 0.681. The van der Waals surface area contributed by atoms with Crippen molar-refractivity contribution in [1.82, 2.24) is 4.90 Å². The Hall–Kier alpha value is -0.340. The maximum Gasteiger partial charge on any atom is 0.0230 e. The van der Waals surface area contributed by atoms with Crippen LogP contribution in [0.25, 0.3) is 0 Å². The number of halogens is 1. The number of benzene rings is 1. The third-order valence-electron chi connectivity index (χ3n) is 3.14.